The van der Waals surface area contributed by atoms with E-state index in [1.807, 2.05) is 38.2 Å². The zero-order valence-corrected chi connectivity index (χ0v) is 21.3. The van der Waals surface area contributed by atoms with Crippen molar-refractivity contribution in [1.29, 1.82) is 0 Å². The zero-order valence-electron chi connectivity index (χ0n) is 21.3. The largest absolute Gasteiger partial charge is 0.493 e. The summed E-state index contributed by atoms with van der Waals surface area (Å²) in [5.41, 5.74) is 3.93. The second-order valence-electron chi connectivity index (χ2n) is 8.75. The number of benzene rings is 3. The highest BCUT2D eigenvalue weighted by molar-refractivity contribution is 5.96. The van der Waals surface area contributed by atoms with Gasteiger partial charge in [0.05, 0.1) is 24.4 Å². The Morgan fingerprint density at radius 3 is 2.56 bits per heavy atom. The first kappa shape index (κ1) is 25.4. The van der Waals surface area contributed by atoms with Crippen LogP contribution in [0.4, 0.5) is 4.39 Å². The molecule has 0 aliphatic rings. The Kier molecular flexibility index (Phi) is 8.00. The van der Waals surface area contributed by atoms with Crippen LogP contribution in [-0.4, -0.2) is 59.2 Å². The maximum absolute atomic E-state index is 13.9. The van der Waals surface area contributed by atoms with Gasteiger partial charge in [-0.2, -0.15) is 5.10 Å². The third-order valence-corrected chi connectivity index (χ3v) is 6.65. The van der Waals surface area contributed by atoms with E-state index in [1.165, 1.54) is 12.1 Å². The number of hydrogen-bond acceptors (Lipinski definition) is 4. The molecule has 1 atom stereocenters. The highest BCUT2D eigenvalue weighted by Crippen LogP contribution is 2.33. The zero-order chi connectivity index (χ0) is 25.7. The molecule has 1 heterocycles. The van der Waals surface area contributed by atoms with E-state index >= 15 is 0 Å². The minimum atomic E-state index is -0.318. The van der Waals surface area contributed by atoms with E-state index in [4.69, 9.17) is 4.74 Å². The lowest BCUT2D eigenvalue weighted by Crippen LogP contribution is -2.39. The lowest BCUT2D eigenvalue weighted by Gasteiger charge is -2.33. The molecule has 0 aliphatic heterocycles. The van der Waals surface area contributed by atoms with Gasteiger partial charge in [-0.15, -0.1) is 0 Å². The molecular weight excluding hydrogens is 455 g/mol. The van der Waals surface area contributed by atoms with Crippen molar-refractivity contribution in [3.05, 3.63) is 83.8 Å². The number of amides is 1. The Morgan fingerprint density at radius 1 is 1.06 bits per heavy atom. The van der Waals surface area contributed by atoms with E-state index < -0.39 is 0 Å². The van der Waals surface area contributed by atoms with Crippen LogP contribution in [0.2, 0.25) is 0 Å². The van der Waals surface area contributed by atoms with Crippen LogP contribution in [0.5, 0.6) is 5.75 Å². The Morgan fingerprint density at radius 2 is 1.83 bits per heavy atom. The summed E-state index contributed by atoms with van der Waals surface area (Å²) in [6.45, 7) is 9.02. The molecule has 1 aromatic heterocycles. The SMILES string of the molecule is CCOc1cc(C(=O)N(C)C(CN(CC)CC)c2cccc3cn[nH]c23)ccc1-c1cccc(F)c1. The van der Waals surface area contributed by atoms with Gasteiger partial charge in [0.25, 0.3) is 5.91 Å². The molecule has 1 unspecified atom stereocenters. The Balaban J connectivity index is 1.72. The van der Waals surface area contributed by atoms with Gasteiger partial charge in [-0.25, -0.2) is 4.39 Å². The van der Waals surface area contributed by atoms with Crippen LogP contribution >= 0.6 is 0 Å². The normalized spacial score (nSPS) is 12.2. The van der Waals surface area contributed by atoms with Gasteiger partial charge >= 0.3 is 0 Å². The number of rotatable bonds is 10. The van der Waals surface area contributed by atoms with Crippen molar-refractivity contribution in [2.24, 2.45) is 0 Å². The maximum atomic E-state index is 13.9. The molecule has 3 aromatic carbocycles. The molecular formula is C29H33FN4O2. The standard InChI is InChI=1S/C29H33FN4O2/c1-5-34(6-2)19-26(25-13-9-11-22-18-31-32-28(22)25)33(4)29(35)21-14-15-24(27(17-21)36-7-3)20-10-8-12-23(30)16-20/h8-18,26H,5-7,19H2,1-4H3,(H,31,32). The van der Waals surface area contributed by atoms with Gasteiger partial charge in [0.15, 0.2) is 0 Å². The number of nitrogens with one attached hydrogen (secondary N) is 1. The third-order valence-electron chi connectivity index (χ3n) is 6.65. The van der Waals surface area contributed by atoms with Crippen LogP contribution in [0.25, 0.3) is 22.0 Å². The number of ether oxygens (including phenoxy) is 1. The summed E-state index contributed by atoms with van der Waals surface area (Å²) in [7, 11) is 1.84. The molecule has 4 aromatic rings. The number of aromatic amines is 1. The van der Waals surface area contributed by atoms with E-state index in [1.54, 1.807) is 29.3 Å². The molecule has 0 radical (unpaired) electrons. The fraction of sp³-hybridized carbons (Fsp3) is 0.310. The number of halogens is 1. The predicted octanol–water partition coefficient (Wildman–Crippen LogP) is 5.92. The molecule has 1 N–H and O–H groups in total. The fourth-order valence-corrected chi connectivity index (χ4v) is 4.60. The second kappa shape index (κ2) is 11.4. The van der Waals surface area contributed by atoms with E-state index in [9.17, 15) is 9.18 Å². The van der Waals surface area contributed by atoms with Crippen molar-refractivity contribution in [2.75, 3.05) is 33.3 Å². The molecule has 4 rings (SSSR count). The number of aromatic nitrogens is 2. The van der Waals surface area contributed by atoms with Crippen molar-refractivity contribution in [1.82, 2.24) is 20.0 Å². The van der Waals surface area contributed by atoms with Crippen molar-refractivity contribution in [3.8, 4) is 16.9 Å². The van der Waals surface area contributed by atoms with E-state index in [0.717, 1.165) is 35.1 Å². The molecule has 188 valence electrons. The Bertz CT molecular complexity index is 1330. The summed E-state index contributed by atoms with van der Waals surface area (Å²) in [6, 6.07) is 17.6. The van der Waals surface area contributed by atoms with Crippen LogP contribution < -0.4 is 4.74 Å². The van der Waals surface area contributed by atoms with Crippen LogP contribution in [0.3, 0.4) is 0 Å². The van der Waals surface area contributed by atoms with Crippen molar-refractivity contribution < 1.29 is 13.9 Å². The highest BCUT2D eigenvalue weighted by atomic mass is 19.1. The molecule has 0 aliphatic carbocycles. The summed E-state index contributed by atoms with van der Waals surface area (Å²) in [6.07, 6.45) is 1.80. The lowest BCUT2D eigenvalue weighted by atomic mass is 9.99. The van der Waals surface area contributed by atoms with Crippen LogP contribution in [0, 0.1) is 5.82 Å². The average molecular weight is 489 g/mol. The van der Waals surface area contributed by atoms with E-state index in [0.29, 0.717) is 30.0 Å². The van der Waals surface area contributed by atoms with Gasteiger partial charge in [0, 0.05) is 35.7 Å². The summed E-state index contributed by atoms with van der Waals surface area (Å²) < 4.78 is 19.8. The molecule has 1 amide bonds. The number of para-hydroxylation sites is 1. The summed E-state index contributed by atoms with van der Waals surface area (Å²) in [5.74, 6) is 0.121. The summed E-state index contributed by atoms with van der Waals surface area (Å²) in [5, 5.41) is 8.34. The number of carbonyl (C=O) groups excluding carboxylic acids is 1. The van der Waals surface area contributed by atoms with Crippen LogP contribution in [0.1, 0.15) is 42.7 Å². The lowest BCUT2D eigenvalue weighted by molar-refractivity contribution is 0.0691. The van der Waals surface area contributed by atoms with Gasteiger partial charge in [-0.1, -0.05) is 44.2 Å². The maximum Gasteiger partial charge on any atom is 0.254 e. The third kappa shape index (κ3) is 5.26. The number of carbonyl (C=O) groups is 1. The number of H-pyrrole nitrogens is 1. The highest BCUT2D eigenvalue weighted by Gasteiger charge is 2.27. The van der Waals surface area contributed by atoms with E-state index in [2.05, 4.69) is 35.0 Å². The average Bonchev–Trinajstić information content (AvgIpc) is 3.38. The monoisotopic (exact) mass is 488 g/mol. The van der Waals surface area contributed by atoms with Gasteiger partial charge in [0.1, 0.15) is 11.6 Å². The molecule has 7 heteroatoms. The first-order valence-electron chi connectivity index (χ1n) is 12.4. The summed E-state index contributed by atoms with van der Waals surface area (Å²) >= 11 is 0. The number of hydrogen-bond donors (Lipinski definition) is 1. The second-order valence-corrected chi connectivity index (χ2v) is 8.75. The smallest absolute Gasteiger partial charge is 0.254 e. The Hall–Kier alpha value is -3.71. The molecule has 0 spiro atoms. The first-order valence-corrected chi connectivity index (χ1v) is 12.4. The van der Waals surface area contributed by atoms with Crippen LogP contribution in [-0.2, 0) is 0 Å². The van der Waals surface area contributed by atoms with Crippen molar-refractivity contribution in [2.45, 2.75) is 26.8 Å². The quantitative estimate of drug-likeness (QED) is 0.301. The van der Waals surface area contributed by atoms with Gasteiger partial charge < -0.3 is 14.5 Å². The van der Waals surface area contributed by atoms with Crippen LogP contribution in [0.15, 0.2) is 66.9 Å². The van der Waals surface area contributed by atoms with Gasteiger partial charge in [-0.05, 0) is 55.9 Å². The van der Waals surface area contributed by atoms with Crippen molar-refractivity contribution in [3.63, 3.8) is 0 Å². The van der Waals surface area contributed by atoms with E-state index in [-0.39, 0.29) is 17.8 Å². The molecule has 36 heavy (non-hydrogen) atoms. The molecule has 0 fully saturated rings. The molecule has 0 saturated carbocycles. The number of nitrogens with zero attached hydrogens (tertiary/aromatic N) is 3. The summed E-state index contributed by atoms with van der Waals surface area (Å²) in [4.78, 5) is 17.9. The van der Waals surface area contributed by atoms with Gasteiger partial charge in [0.2, 0.25) is 0 Å². The number of likely N-dealkylation sites (N-methyl/N-ethyl adjacent to an activating group) is 2. The topological polar surface area (TPSA) is 61.5 Å². The fourth-order valence-electron chi connectivity index (χ4n) is 4.60. The minimum absolute atomic E-state index is 0.115. The molecule has 0 saturated heterocycles. The number of fused-ring (bicyclic) bond motifs is 1. The van der Waals surface area contributed by atoms with Gasteiger partial charge in [-0.3, -0.25) is 9.89 Å². The molecule has 6 nitrogen and oxygen atoms in total. The Labute approximate surface area is 211 Å². The minimum Gasteiger partial charge on any atom is -0.493 e. The predicted molar refractivity (Wildman–Crippen MR) is 142 cm³/mol. The molecule has 0 bridgehead atoms. The van der Waals surface area contributed by atoms with Crippen molar-refractivity contribution >= 4 is 16.8 Å². The first-order chi connectivity index (χ1) is 17.5.